The predicted molar refractivity (Wildman–Crippen MR) is 151 cm³/mol. The lowest BCUT2D eigenvalue weighted by atomic mass is 9.94. The second-order valence-electron chi connectivity index (χ2n) is 9.57. The van der Waals surface area contributed by atoms with E-state index < -0.39 is 17.7 Å². The first kappa shape index (κ1) is 25.7. The number of methoxy groups -OCH3 is 3. The highest BCUT2D eigenvalue weighted by molar-refractivity contribution is 7.22. The Morgan fingerprint density at radius 2 is 1.80 bits per heavy atom. The second kappa shape index (κ2) is 9.87. The van der Waals surface area contributed by atoms with E-state index in [9.17, 15) is 14.7 Å². The summed E-state index contributed by atoms with van der Waals surface area (Å²) in [5.41, 5.74) is 2.51. The average Bonchev–Trinajstić information content (AvgIpc) is 3.63. The zero-order valence-corrected chi connectivity index (χ0v) is 23.1. The molecule has 1 amide bonds. The van der Waals surface area contributed by atoms with Crippen LogP contribution in [0.5, 0.6) is 23.0 Å². The van der Waals surface area contributed by atoms with Gasteiger partial charge in [-0.3, -0.25) is 14.5 Å². The molecule has 4 aromatic rings. The topological polar surface area (TPSA) is 107 Å². The highest BCUT2D eigenvalue weighted by Gasteiger charge is 2.48. The first-order valence-electron chi connectivity index (χ1n) is 12.6. The maximum absolute atomic E-state index is 13.6. The Morgan fingerprint density at radius 3 is 2.55 bits per heavy atom. The molecule has 0 saturated carbocycles. The Bertz CT molecular complexity index is 1710. The SMILES string of the molecule is COc1ccc2nc(N3C(=O)C(=O)/C(=C(/O)c4ccc5c(c4)C[C@H](C)O5)[C@H]3c3ccc(OC)c(OC)c3)sc2c1. The van der Waals surface area contributed by atoms with E-state index in [1.807, 2.05) is 13.0 Å². The molecule has 2 aliphatic heterocycles. The number of thiazole rings is 1. The maximum atomic E-state index is 13.6. The number of aromatic nitrogens is 1. The number of carbonyl (C=O) groups excluding carboxylic acids is 2. The number of rotatable bonds is 6. The van der Waals surface area contributed by atoms with Gasteiger partial charge in [-0.2, -0.15) is 0 Å². The maximum Gasteiger partial charge on any atom is 0.301 e. The molecule has 0 unspecified atom stereocenters. The highest BCUT2D eigenvalue weighted by atomic mass is 32.1. The van der Waals surface area contributed by atoms with Crippen molar-refractivity contribution in [1.82, 2.24) is 4.98 Å². The highest BCUT2D eigenvalue weighted by Crippen LogP contribution is 2.46. The summed E-state index contributed by atoms with van der Waals surface area (Å²) in [5.74, 6) is 0.434. The van der Waals surface area contributed by atoms with Gasteiger partial charge in [0.1, 0.15) is 23.4 Å². The molecule has 40 heavy (non-hydrogen) atoms. The number of benzene rings is 3. The Hall–Kier alpha value is -4.57. The van der Waals surface area contributed by atoms with E-state index in [0.29, 0.717) is 45.4 Å². The summed E-state index contributed by atoms with van der Waals surface area (Å²) < 4.78 is 22.8. The molecule has 2 atom stereocenters. The van der Waals surface area contributed by atoms with Gasteiger partial charge >= 0.3 is 5.91 Å². The van der Waals surface area contributed by atoms with Gasteiger partial charge in [-0.25, -0.2) is 4.98 Å². The zero-order valence-electron chi connectivity index (χ0n) is 22.3. The van der Waals surface area contributed by atoms with Gasteiger partial charge < -0.3 is 24.1 Å². The molecular formula is C30H26N2O7S. The number of hydrogen-bond acceptors (Lipinski definition) is 9. The van der Waals surface area contributed by atoms with E-state index in [1.165, 1.54) is 30.5 Å². The van der Waals surface area contributed by atoms with Crippen LogP contribution in [-0.4, -0.2) is 49.2 Å². The zero-order chi connectivity index (χ0) is 28.1. The summed E-state index contributed by atoms with van der Waals surface area (Å²) in [7, 11) is 4.61. The van der Waals surface area contributed by atoms with Gasteiger partial charge in [0.2, 0.25) is 0 Å². The Kier molecular flexibility index (Phi) is 6.34. The van der Waals surface area contributed by atoms with E-state index >= 15 is 0 Å². The lowest BCUT2D eigenvalue weighted by molar-refractivity contribution is -0.132. The van der Waals surface area contributed by atoms with E-state index in [-0.39, 0.29) is 17.4 Å². The van der Waals surface area contributed by atoms with Gasteiger partial charge in [-0.05, 0) is 66.6 Å². The molecule has 0 aliphatic carbocycles. The molecule has 10 heteroatoms. The van der Waals surface area contributed by atoms with Gasteiger partial charge in [-0.1, -0.05) is 17.4 Å². The van der Waals surface area contributed by atoms with Crippen molar-refractivity contribution in [2.45, 2.75) is 25.5 Å². The number of ether oxygens (including phenoxy) is 4. The third-order valence-corrected chi connectivity index (χ3v) is 8.15. The number of anilines is 1. The summed E-state index contributed by atoms with van der Waals surface area (Å²) in [5, 5.41) is 11.9. The number of aliphatic hydroxyl groups excluding tert-OH is 1. The monoisotopic (exact) mass is 558 g/mol. The number of nitrogens with zero attached hydrogens (tertiary/aromatic N) is 2. The number of hydrogen-bond donors (Lipinski definition) is 1. The van der Waals surface area contributed by atoms with Gasteiger partial charge in [0, 0.05) is 12.0 Å². The Labute approximate surface area is 234 Å². The van der Waals surface area contributed by atoms with Crippen molar-refractivity contribution in [2.24, 2.45) is 0 Å². The van der Waals surface area contributed by atoms with Crippen LogP contribution < -0.4 is 23.8 Å². The summed E-state index contributed by atoms with van der Waals surface area (Å²) in [6.45, 7) is 1.97. The van der Waals surface area contributed by atoms with Crippen molar-refractivity contribution < 1.29 is 33.6 Å². The predicted octanol–water partition coefficient (Wildman–Crippen LogP) is 5.27. The molecule has 1 N–H and O–H groups in total. The quantitative estimate of drug-likeness (QED) is 0.194. The standard InChI is InChI=1S/C30H26N2O7S/c1-15-11-18-12-17(6-9-21(18)39-15)27(33)25-26(16-5-10-22(37-3)23(13-16)38-4)32(29(35)28(25)34)30-31-20-8-7-19(36-2)14-24(20)40-30/h5-10,12-15,26,33H,11H2,1-4H3/b27-25+/t15-,26+/m0/s1. The van der Waals surface area contributed by atoms with E-state index in [2.05, 4.69) is 4.98 Å². The van der Waals surface area contributed by atoms with E-state index in [0.717, 1.165) is 16.0 Å². The minimum absolute atomic E-state index is 0.0161. The van der Waals surface area contributed by atoms with Crippen LogP contribution in [0.1, 0.15) is 29.7 Å². The summed E-state index contributed by atoms with van der Waals surface area (Å²) >= 11 is 1.26. The second-order valence-corrected chi connectivity index (χ2v) is 10.6. The first-order chi connectivity index (χ1) is 19.3. The number of carbonyl (C=O) groups is 2. The van der Waals surface area contributed by atoms with Crippen LogP contribution in [0.4, 0.5) is 5.13 Å². The lowest BCUT2D eigenvalue weighted by Crippen LogP contribution is -2.29. The van der Waals surface area contributed by atoms with E-state index in [4.69, 9.17) is 18.9 Å². The molecular weight excluding hydrogens is 532 g/mol. The molecule has 2 aliphatic rings. The summed E-state index contributed by atoms with van der Waals surface area (Å²) in [4.78, 5) is 33.3. The van der Waals surface area contributed by atoms with Crippen LogP contribution in [0.15, 0.2) is 60.2 Å². The van der Waals surface area contributed by atoms with Crippen LogP contribution in [0.3, 0.4) is 0 Å². The van der Waals surface area contributed by atoms with Crippen molar-refractivity contribution in [1.29, 1.82) is 0 Å². The molecule has 3 aromatic carbocycles. The van der Waals surface area contributed by atoms with Crippen molar-refractivity contribution >= 4 is 44.1 Å². The van der Waals surface area contributed by atoms with Crippen molar-refractivity contribution in [3.05, 3.63) is 76.9 Å². The molecule has 0 radical (unpaired) electrons. The van der Waals surface area contributed by atoms with Crippen LogP contribution in [0, 0.1) is 0 Å². The van der Waals surface area contributed by atoms with Gasteiger partial charge in [0.05, 0.1) is 43.2 Å². The lowest BCUT2D eigenvalue weighted by Gasteiger charge is -2.23. The van der Waals surface area contributed by atoms with Crippen LogP contribution in [0.2, 0.25) is 0 Å². The van der Waals surface area contributed by atoms with Gasteiger partial charge in [0.25, 0.3) is 5.78 Å². The fraction of sp³-hybridized carbons (Fsp3) is 0.233. The van der Waals surface area contributed by atoms with Gasteiger partial charge in [0.15, 0.2) is 16.6 Å². The fourth-order valence-corrected chi connectivity index (χ4v) is 6.24. The normalized spacial score (nSPS) is 19.6. The summed E-state index contributed by atoms with van der Waals surface area (Å²) in [6, 6.07) is 14.8. The summed E-state index contributed by atoms with van der Waals surface area (Å²) in [6.07, 6.45) is 0.696. The number of fused-ring (bicyclic) bond motifs is 2. The van der Waals surface area contributed by atoms with Crippen molar-refractivity contribution in [3.63, 3.8) is 0 Å². The smallest absolute Gasteiger partial charge is 0.301 e. The number of aliphatic hydroxyl groups is 1. The number of amides is 1. The number of ketones is 1. The Morgan fingerprint density at radius 1 is 1.00 bits per heavy atom. The van der Waals surface area contributed by atoms with Crippen molar-refractivity contribution in [2.75, 3.05) is 26.2 Å². The molecule has 3 heterocycles. The van der Waals surface area contributed by atoms with Gasteiger partial charge in [-0.15, -0.1) is 0 Å². The molecule has 1 aromatic heterocycles. The molecule has 1 saturated heterocycles. The minimum Gasteiger partial charge on any atom is -0.507 e. The molecule has 9 nitrogen and oxygen atoms in total. The van der Waals surface area contributed by atoms with Crippen molar-refractivity contribution in [3.8, 4) is 23.0 Å². The minimum atomic E-state index is -0.967. The largest absolute Gasteiger partial charge is 0.507 e. The first-order valence-corrected chi connectivity index (χ1v) is 13.4. The third kappa shape index (κ3) is 4.12. The molecule has 1 fully saturated rings. The number of Topliss-reactive ketones (excluding diaryl/α,β-unsaturated/α-hetero) is 1. The fourth-order valence-electron chi connectivity index (χ4n) is 5.22. The average molecular weight is 559 g/mol. The molecule has 0 spiro atoms. The van der Waals surface area contributed by atoms with Crippen LogP contribution >= 0.6 is 11.3 Å². The Balaban J connectivity index is 1.55. The molecule has 0 bridgehead atoms. The van der Waals surface area contributed by atoms with Crippen LogP contribution in [0.25, 0.3) is 16.0 Å². The molecule has 204 valence electrons. The van der Waals surface area contributed by atoms with Crippen LogP contribution in [-0.2, 0) is 16.0 Å². The molecule has 6 rings (SSSR count). The van der Waals surface area contributed by atoms with E-state index in [1.54, 1.807) is 55.6 Å². The third-order valence-electron chi connectivity index (χ3n) is 7.13.